The van der Waals surface area contributed by atoms with Crippen LogP contribution in [0.15, 0.2) is 24.3 Å². The van der Waals surface area contributed by atoms with Crippen molar-refractivity contribution in [2.45, 2.75) is 38.2 Å². The molecule has 5 heteroatoms. The summed E-state index contributed by atoms with van der Waals surface area (Å²) in [4.78, 5) is 15.7. The van der Waals surface area contributed by atoms with Gasteiger partial charge in [0.1, 0.15) is 6.61 Å². The lowest BCUT2D eigenvalue weighted by atomic mass is 9.96. The first kappa shape index (κ1) is 16.3. The number of cyclic esters (lactones) is 1. The zero-order chi connectivity index (χ0) is 16.2. The molecule has 1 atom stereocenters. The Kier molecular flexibility index (Phi) is 5.18. The maximum Gasteiger partial charge on any atom is 0.414 e. The first-order chi connectivity index (χ1) is 11.1. The molecule has 0 aromatic heterocycles. The van der Waals surface area contributed by atoms with Crippen molar-refractivity contribution in [2.24, 2.45) is 0 Å². The quantitative estimate of drug-likeness (QED) is 0.907. The van der Waals surface area contributed by atoms with Crippen molar-refractivity contribution in [1.82, 2.24) is 4.90 Å². The molecule has 0 bridgehead atoms. The van der Waals surface area contributed by atoms with Crippen LogP contribution in [0.25, 0.3) is 0 Å². The Morgan fingerprint density at radius 3 is 2.52 bits per heavy atom. The number of anilines is 1. The number of likely N-dealkylation sites (tertiary alicyclic amines) is 1. The molecule has 1 unspecified atom stereocenters. The van der Waals surface area contributed by atoms with E-state index in [9.17, 15) is 9.90 Å². The summed E-state index contributed by atoms with van der Waals surface area (Å²) >= 11 is 0. The first-order valence-corrected chi connectivity index (χ1v) is 8.58. The van der Waals surface area contributed by atoms with E-state index in [1.807, 2.05) is 12.1 Å². The maximum atomic E-state index is 11.6. The van der Waals surface area contributed by atoms with Crippen molar-refractivity contribution in [3.63, 3.8) is 0 Å². The fraction of sp³-hybridized carbons (Fsp3) is 0.611. The van der Waals surface area contributed by atoms with Gasteiger partial charge in [0.05, 0.1) is 12.6 Å². The summed E-state index contributed by atoms with van der Waals surface area (Å²) in [5.41, 5.74) is 2.21. The normalized spacial score (nSPS) is 21.5. The number of carbonyl (C=O) groups is 1. The largest absolute Gasteiger partial charge is 0.447 e. The van der Waals surface area contributed by atoms with Gasteiger partial charge >= 0.3 is 6.09 Å². The minimum Gasteiger partial charge on any atom is -0.447 e. The van der Waals surface area contributed by atoms with Gasteiger partial charge in [-0.15, -0.1) is 0 Å². The lowest BCUT2D eigenvalue weighted by Crippen LogP contribution is -2.36. The van der Waals surface area contributed by atoms with E-state index in [0.717, 1.165) is 44.6 Å². The highest BCUT2D eigenvalue weighted by Crippen LogP contribution is 2.25. The van der Waals surface area contributed by atoms with Crippen LogP contribution in [0.5, 0.6) is 0 Å². The van der Waals surface area contributed by atoms with Crippen molar-refractivity contribution in [3.8, 4) is 0 Å². The molecule has 23 heavy (non-hydrogen) atoms. The number of amides is 1. The predicted molar refractivity (Wildman–Crippen MR) is 89.8 cm³/mol. The van der Waals surface area contributed by atoms with Crippen molar-refractivity contribution >= 4 is 11.8 Å². The van der Waals surface area contributed by atoms with Gasteiger partial charge < -0.3 is 14.7 Å². The smallest absolute Gasteiger partial charge is 0.414 e. The molecule has 2 heterocycles. The number of carbonyl (C=O) groups excluding carboxylic acids is 1. The Bertz CT molecular complexity index is 524. The van der Waals surface area contributed by atoms with Gasteiger partial charge in [0.15, 0.2) is 0 Å². The average Bonchev–Trinajstić information content (AvgIpc) is 3.00. The standard InChI is InChI=1S/C18H26N2O3/c1-14(6-9-19-10-7-17(21)8-11-19)15-2-4-16(5-3-15)20-12-13-23-18(20)22/h2-5,14,17,21H,6-13H2,1H3. The third-order valence-corrected chi connectivity index (χ3v) is 4.97. The molecule has 1 aromatic carbocycles. The van der Waals surface area contributed by atoms with Gasteiger partial charge in [-0.1, -0.05) is 19.1 Å². The monoisotopic (exact) mass is 318 g/mol. The highest BCUT2D eigenvalue weighted by molar-refractivity contribution is 5.89. The van der Waals surface area contributed by atoms with Gasteiger partial charge in [0, 0.05) is 18.8 Å². The lowest BCUT2D eigenvalue weighted by Gasteiger charge is -2.30. The molecule has 0 aliphatic carbocycles. The fourth-order valence-electron chi connectivity index (χ4n) is 3.30. The van der Waals surface area contributed by atoms with E-state index in [1.54, 1.807) is 4.90 Å². The third-order valence-electron chi connectivity index (χ3n) is 4.97. The van der Waals surface area contributed by atoms with Crippen LogP contribution in [-0.4, -0.2) is 55.0 Å². The van der Waals surface area contributed by atoms with Crippen LogP contribution in [0.3, 0.4) is 0 Å². The Hall–Kier alpha value is -1.59. The summed E-state index contributed by atoms with van der Waals surface area (Å²) in [6.45, 7) is 6.44. The van der Waals surface area contributed by atoms with E-state index in [4.69, 9.17) is 4.74 Å². The average molecular weight is 318 g/mol. The fourth-order valence-corrected chi connectivity index (χ4v) is 3.30. The Balaban J connectivity index is 1.51. The van der Waals surface area contributed by atoms with E-state index in [1.165, 1.54) is 5.56 Å². The van der Waals surface area contributed by atoms with Crippen LogP contribution in [-0.2, 0) is 4.74 Å². The highest BCUT2D eigenvalue weighted by Gasteiger charge is 2.23. The number of aliphatic hydroxyl groups excluding tert-OH is 1. The van der Waals surface area contributed by atoms with Gasteiger partial charge in [-0.2, -0.15) is 0 Å². The second-order valence-electron chi connectivity index (χ2n) is 6.62. The third kappa shape index (κ3) is 4.03. The summed E-state index contributed by atoms with van der Waals surface area (Å²) < 4.78 is 4.97. The van der Waals surface area contributed by atoms with E-state index in [0.29, 0.717) is 19.1 Å². The van der Waals surface area contributed by atoms with Crippen LogP contribution in [0.2, 0.25) is 0 Å². The summed E-state index contributed by atoms with van der Waals surface area (Å²) in [6, 6.07) is 8.25. The molecule has 2 fully saturated rings. The zero-order valence-electron chi connectivity index (χ0n) is 13.8. The molecule has 2 aliphatic rings. The minimum atomic E-state index is -0.252. The van der Waals surface area contributed by atoms with E-state index < -0.39 is 0 Å². The van der Waals surface area contributed by atoms with E-state index in [2.05, 4.69) is 24.0 Å². The molecule has 3 rings (SSSR count). The van der Waals surface area contributed by atoms with Gasteiger partial charge in [-0.05, 0) is 49.4 Å². The Morgan fingerprint density at radius 2 is 1.91 bits per heavy atom. The zero-order valence-corrected chi connectivity index (χ0v) is 13.8. The molecule has 1 amide bonds. The molecular weight excluding hydrogens is 292 g/mol. The Morgan fingerprint density at radius 1 is 1.22 bits per heavy atom. The second kappa shape index (κ2) is 7.32. The van der Waals surface area contributed by atoms with Crippen molar-refractivity contribution in [1.29, 1.82) is 0 Å². The number of hydrogen-bond acceptors (Lipinski definition) is 4. The number of rotatable bonds is 5. The van der Waals surface area contributed by atoms with Crippen LogP contribution in [0, 0.1) is 0 Å². The highest BCUT2D eigenvalue weighted by atomic mass is 16.6. The first-order valence-electron chi connectivity index (χ1n) is 8.58. The molecule has 1 N–H and O–H groups in total. The molecule has 0 saturated carbocycles. The molecule has 5 nitrogen and oxygen atoms in total. The van der Waals surface area contributed by atoms with Crippen LogP contribution in [0.4, 0.5) is 10.5 Å². The summed E-state index contributed by atoms with van der Waals surface area (Å²) in [5, 5.41) is 9.55. The molecule has 2 saturated heterocycles. The number of aliphatic hydroxyl groups is 1. The molecule has 0 spiro atoms. The summed E-state index contributed by atoms with van der Waals surface area (Å²) in [7, 11) is 0. The van der Waals surface area contributed by atoms with E-state index in [-0.39, 0.29) is 12.2 Å². The molecule has 0 radical (unpaired) electrons. The summed E-state index contributed by atoms with van der Waals surface area (Å²) in [5.74, 6) is 0.487. The summed E-state index contributed by atoms with van der Waals surface area (Å²) in [6.07, 6.45) is 2.55. The van der Waals surface area contributed by atoms with Crippen LogP contribution in [0.1, 0.15) is 37.7 Å². The topological polar surface area (TPSA) is 53.0 Å². The number of nitrogens with zero attached hydrogens (tertiary/aromatic N) is 2. The van der Waals surface area contributed by atoms with Crippen molar-refractivity contribution in [2.75, 3.05) is 37.7 Å². The van der Waals surface area contributed by atoms with Crippen molar-refractivity contribution in [3.05, 3.63) is 29.8 Å². The molecule has 1 aromatic rings. The molecule has 2 aliphatic heterocycles. The second-order valence-corrected chi connectivity index (χ2v) is 6.62. The minimum absolute atomic E-state index is 0.103. The van der Waals surface area contributed by atoms with Gasteiger partial charge in [0.25, 0.3) is 0 Å². The van der Waals surface area contributed by atoms with Crippen LogP contribution >= 0.6 is 0 Å². The Labute approximate surface area is 137 Å². The van der Waals surface area contributed by atoms with Gasteiger partial charge in [-0.25, -0.2) is 4.79 Å². The van der Waals surface area contributed by atoms with Gasteiger partial charge in [-0.3, -0.25) is 4.90 Å². The predicted octanol–water partition coefficient (Wildman–Crippen LogP) is 2.59. The number of ether oxygens (including phenoxy) is 1. The van der Waals surface area contributed by atoms with Crippen molar-refractivity contribution < 1.29 is 14.6 Å². The van der Waals surface area contributed by atoms with E-state index >= 15 is 0 Å². The van der Waals surface area contributed by atoms with Gasteiger partial charge in [0.2, 0.25) is 0 Å². The SMILES string of the molecule is CC(CCN1CCC(O)CC1)c1ccc(N2CCOC2=O)cc1. The number of hydrogen-bond donors (Lipinski definition) is 1. The molecule has 126 valence electrons. The maximum absolute atomic E-state index is 11.6. The number of piperidine rings is 1. The van der Waals surface area contributed by atoms with Crippen LogP contribution < -0.4 is 4.90 Å². The lowest BCUT2D eigenvalue weighted by molar-refractivity contribution is 0.0814. The molecular formula is C18H26N2O3. The number of benzene rings is 1.